The standard InChI is InChI=1S/C16H13F2N3O/c1-20(14-9-10(17)7-8-12(14)18)16(22)15-11-5-3-4-6-13(11)19-21(15)2/h3-9H,1-2H3. The average Bonchev–Trinajstić information content (AvgIpc) is 2.84. The Morgan fingerprint density at radius 2 is 1.91 bits per heavy atom. The van der Waals surface area contributed by atoms with E-state index in [1.165, 1.54) is 11.7 Å². The summed E-state index contributed by atoms with van der Waals surface area (Å²) < 4.78 is 28.6. The van der Waals surface area contributed by atoms with Gasteiger partial charge in [-0.25, -0.2) is 8.78 Å². The van der Waals surface area contributed by atoms with Gasteiger partial charge in [-0.2, -0.15) is 5.10 Å². The van der Waals surface area contributed by atoms with E-state index in [9.17, 15) is 13.6 Å². The summed E-state index contributed by atoms with van der Waals surface area (Å²) >= 11 is 0. The van der Waals surface area contributed by atoms with Gasteiger partial charge in [-0.05, 0) is 18.2 Å². The maximum Gasteiger partial charge on any atom is 0.276 e. The highest BCUT2D eigenvalue weighted by molar-refractivity contribution is 6.12. The van der Waals surface area contributed by atoms with Crippen LogP contribution in [0.25, 0.3) is 10.9 Å². The van der Waals surface area contributed by atoms with Gasteiger partial charge in [0.05, 0.1) is 11.2 Å². The fourth-order valence-electron chi connectivity index (χ4n) is 2.41. The normalized spacial score (nSPS) is 10.9. The molecule has 112 valence electrons. The minimum atomic E-state index is -0.663. The first kappa shape index (κ1) is 14.2. The Hall–Kier alpha value is -2.76. The molecule has 0 aliphatic heterocycles. The van der Waals surface area contributed by atoms with Crippen LogP contribution in [0.3, 0.4) is 0 Å². The van der Waals surface area contributed by atoms with Crippen molar-refractivity contribution in [3.8, 4) is 0 Å². The molecule has 0 unspecified atom stereocenters. The number of anilines is 1. The first-order valence-corrected chi connectivity index (χ1v) is 6.64. The van der Waals surface area contributed by atoms with Crippen LogP contribution in [-0.4, -0.2) is 22.7 Å². The number of halogens is 2. The molecule has 1 heterocycles. The lowest BCUT2D eigenvalue weighted by molar-refractivity contribution is 0.0985. The molecule has 0 aliphatic rings. The number of fused-ring (bicyclic) bond motifs is 1. The predicted octanol–water partition coefficient (Wildman–Crippen LogP) is 3.13. The van der Waals surface area contributed by atoms with Crippen molar-refractivity contribution in [2.75, 3.05) is 11.9 Å². The maximum absolute atomic E-state index is 13.9. The molecular weight excluding hydrogens is 288 g/mol. The van der Waals surface area contributed by atoms with Gasteiger partial charge in [0.1, 0.15) is 17.3 Å². The van der Waals surface area contributed by atoms with Crippen molar-refractivity contribution in [1.29, 1.82) is 0 Å². The number of amides is 1. The van der Waals surface area contributed by atoms with Gasteiger partial charge < -0.3 is 4.90 Å². The van der Waals surface area contributed by atoms with Crippen molar-refractivity contribution < 1.29 is 13.6 Å². The Morgan fingerprint density at radius 1 is 1.18 bits per heavy atom. The lowest BCUT2D eigenvalue weighted by atomic mass is 10.2. The van der Waals surface area contributed by atoms with Gasteiger partial charge in [0, 0.05) is 25.5 Å². The number of nitrogens with zero attached hydrogens (tertiary/aromatic N) is 3. The average molecular weight is 301 g/mol. The molecule has 0 spiro atoms. The number of carbonyl (C=O) groups is 1. The minimum Gasteiger partial charge on any atom is -0.307 e. The van der Waals surface area contributed by atoms with E-state index in [-0.39, 0.29) is 5.69 Å². The van der Waals surface area contributed by atoms with Gasteiger partial charge in [0.15, 0.2) is 0 Å². The molecule has 0 saturated carbocycles. The number of carbonyl (C=O) groups excluding carboxylic acids is 1. The Morgan fingerprint density at radius 3 is 2.68 bits per heavy atom. The van der Waals surface area contributed by atoms with Gasteiger partial charge in [-0.3, -0.25) is 9.48 Å². The van der Waals surface area contributed by atoms with E-state index in [1.54, 1.807) is 25.2 Å². The molecular formula is C16H13F2N3O. The molecule has 0 aliphatic carbocycles. The van der Waals surface area contributed by atoms with Crippen LogP contribution in [0, 0.1) is 11.6 Å². The van der Waals surface area contributed by atoms with Crippen molar-refractivity contribution >= 4 is 22.5 Å². The molecule has 0 bridgehead atoms. The molecule has 0 fully saturated rings. The molecule has 2 aromatic carbocycles. The monoisotopic (exact) mass is 301 g/mol. The number of benzene rings is 2. The SMILES string of the molecule is CN(C(=O)c1c2ccccc2nn1C)c1cc(F)ccc1F. The van der Waals surface area contributed by atoms with Crippen molar-refractivity contribution in [2.24, 2.45) is 7.05 Å². The van der Waals surface area contributed by atoms with Crippen LogP contribution in [0.4, 0.5) is 14.5 Å². The largest absolute Gasteiger partial charge is 0.307 e. The molecule has 0 saturated heterocycles. The molecule has 6 heteroatoms. The summed E-state index contributed by atoms with van der Waals surface area (Å²) in [6.45, 7) is 0. The van der Waals surface area contributed by atoms with Crippen LogP contribution in [0.15, 0.2) is 42.5 Å². The molecule has 0 atom stereocenters. The van der Waals surface area contributed by atoms with Crippen LogP contribution in [0.2, 0.25) is 0 Å². The van der Waals surface area contributed by atoms with Gasteiger partial charge in [0.2, 0.25) is 0 Å². The van der Waals surface area contributed by atoms with Gasteiger partial charge in [-0.1, -0.05) is 18.2 Å². The third-order valence-electron chi connectivity index (χ3n) is 3.52. The number of hydrogen-bond acceptors (Lipinski definition) is 2. The van der Waals surface area contributed by atoms with Crippen LogP contribution in [-0.2, 0) is 7.05 Å². The molecule has 22 heavy (non-hydrogen) atoms. The number of rotatable bonds is 2. The van der Waals surface area contributed by atoms with Crippen LogP contribution < -0.4 is 4.90 Å². The Kier molecular flexibility index (Phi) is 3.36. The van der Waals surface area contributed by atoms with E-state index >= 15 is 0 Å². The topological polar surface area (TPSA) is 38.1 Å². The molecule has 1 amide bonds. The maximum atomic E-state index is 13.9. The minimum absolute atomic E-state index is 0.115. The molecule has 3 aromatic rings. The third kappa shape index (κ3) is 2.22. The van der Waals surface area contributed by atoms with Crippen LogP contribution in [0.1, 0.15) is 10.5 Å². The fraction of sp³-hybridized carbons (Fsp3) is 0.125. The lowest BCUT2D eigenvalue weighted by Gasteiger charge is -2.18. The van der Waals surface area contributed by atoms with Crippen LogP contribution >= 0.6 is 0 Å². The van der Waals surface area contributed by atoms with E-state index < -0.39 is 17.5 Å². The summed E-state index contributed by atoms with van der Waals surface area (Å²) in [5, 5.41) is 4.92. The van der Waals surface area contributed by atoms with E-state index in [4.69, 9.17) is 0 Å². The highest BCUT2D eigenvalue weighted by atomic mass is 19.1. The number of aromatic nitrogens is 2. The summed E-state index contributed by atoms with van der Waals surface area (Å²) in [6, 6.07) is 10.2. The fourth-order valence-corrected chi connectivity index (χ4v) is 2.41. The number of hydrogen-bond donors (Lipinski definition) is 0. The molecule has 4 nitrogen and oxygen atoms in total. The zero-order valence-electron chi connectivity index (χ0n) is 12.0. The second-order valence-corrected chi connectivity index (χ2v) is 4.95. The summed E-state index contributed by atoms with van der Waals surface area (Å²) in [6.07, 6.45) is 0. The van der Waals surface area contributed by atoms with Crippen molar-refractivity contribution in [3.63, 3.8) is 0 Å². The molecule has 1 aromatic heterocycles. The zero-order valence-corrected chi connectivity index (χ0v) is 12.0. The quantitative estimate of drug-likeness (QED) is 0.729. The van der Waals surface area contributed by atoms with Gasteiger partial charge in [-0.15, -0.1) is 0 Å². The molecule has 3 rings (SSSR count). The summed E-state index contributed by atoms with van der Waals surface area (Å²) in [7, 11) is 3.05. The first-order valence-electron chi connectivity index (χ1n) is 6.64. The van der Waals surface area contributed by atoms with E-state index in [1.807, 2.05) is 6.07 Å². The molecule has 0 radical (unpaired) electrons. The third-order valence-corrected chi connectivity index (χ3v) is 3.52. The number of aryl methyl sites for hydroxylation is 1. The van der Waals surface area contributed by atoms with Gasteiger partial charge in [0.25, 0.3) is 5.91 Å². The highest BCUT2D eigenvalue weighted by Gasteiger charge is 2.23. The van der Waals surface area contributed by atoms with Crippen LogP contribution in [0.5, 0.6) is 0 Å². The Bertz CT molecular complexity index is 873. The van der Waals surface area contributed by atoms with E-state index in [0.29, 0.717) is 16.6 Å². The second kappa shape index (κ2) is 5.22. The lowest BCUT2D eigenvalue weighted by Crippen LogP contribution is -2.29. The first-order chi connectivity index (χ1) is 10.5. The summed E-state index contributed by atoms with van der Waals surface area (Å²) in [5.41, 5.74) is 0.874. The Labute approximate surface area is 125 Å². The van der Waals surface area contributed by atoms with Gasteiger partial charge >= 0.3 is 0 Å². The highest BCUT2D eigenvalue weighted by Crippen LogP contribution is 2.24. The Balaban J connectivity index is 2.09. The molecule has 0 N–H and O–H groups in total. The summed E-state index contributed by atoms with van der Waals surface area (Å²) in [4.78, 5) is 13.8. The smallest absolute Gasteiger partial charge is 0.276 e. The van der Waals surface area contributed by atoms with Crippen molar-refractivity contribution in [3.05, 3.63) is 59.8 Å². The van der Waals surface area contributed by atoms with E-state index in [2.05, 4.69) is 5.10 Å². The van der Waals surface area contributed by atoms with Crippen molar-refractivity contribution in [2.45, 2.75) is 0 Å². The predicted molar refractivity (Wildman–Crippen MR) is 79.8 cm³/mol. The summed E-state index contributed by atoms with van der Waals surface area (Å²) in [5.74, 6) is -1.73. The van der Waals surface area contributed by atoms with Crippen molar-refractivity contribution in [1.82, 2.24) is 9.78 Å². The second-order valence-electron chi connectivity index (χ2n) is 4.95. The van der Waals surface area contributed by atoms with E-state index in [0.717, 1.165) is 23.1 Å². The zero-order chi connectivity index (χ0) is 15.9.